The third-order valence-corrected chi connectivity index (χ3v) is 5.35. The highest BCUT2D eigenvalue weighted by Gasteiger charge is 2.33. The van der Waals surface area contributed by atoms with Crippen LogP contribution in [0.1, 0.15) is 48.4 Å². The third-order valence-electron chi connectivity index (χ3n) is 2.80. The summed E-state index contributed by atoms with van der Waals surface area (Å²) in [6.07, 6.45) is 0. The average molecular weight is 341 g/mol. The number of ketones is 2. The molecular formula is C16H17ClO2S2. The van der Waals surface area contributed by atoms with Crippen molar-refractivity contribution in [2.24, 2.45) is 0 Å². The van der Waals surface area contributed by atoms with E-state index in [9.17, 15) is 9.59 Å². The van der Waals surface area contributed by atoms with Gasteiger partial charge in [-0.3, -0.25) is 9.59 Å². The summed E-state index contributed by atoms with van der Waals surface area (Å²) in [5.41, 5.74) is 0.879. The molecule has 0 fully saturated rings. The fourth-order valence-corrected chi connectivity index (χ4v) is 4.28. The van der Waals surface area contributed by atoms with E-state index in [1.54, 1.807) is 18.2 Å². The summed E-state index contributed by atoms with van der Waals surface area (Å²) >= 11 is 8.88. The van der Waals surface area contributed by atoms with E-state index in [-0.39, 0.29) is 22.1 Å². The second-order valence-electron chi connectivity index (χ2n) is 5.34. The monoisotopic (exact) mass is 340 g/mol. The molecule has 0 N–H and O–H groups in total. The molecule has 1 aliphatic rings. The summed E-state index contributed by atoms with van der Waals surface area (Å²) in [5.74, 6) is -0.155. The van der Waals surface area contributed by atoms with Crippen molar-refractivity contribution in [3.05, 3.63) is 44.2 Å². The second kappa shape index (κ2) is 6.59. The number of fused-ring (bicyclic) bond motifs is 1. The quantitative estimate of drug-likeness (QED) is 0.753. The molecule has 0 unspecified atom stereocenters. The molecular weight excluding hydrogens is 324 g/mol. The standard InChI is InChI=1S/C16H17ClO2S2/c1-8(2)20-15-13(18)11-6-5-10(17)7-12(11)14(19)16(15)21-9(3)4/h5-9H,1-4H3. The molecule has 0 saturated carbocycles. The number of benzene rings is 1. The van der Waals surface area contributed by atoms with Crippen LogP contribution in [0.4, 0.5) is 0 Å². The Kier molecular flexibility index (Phi) is 5.23. The molecule has 0 aromatic heterocycles. The molecule has 112 valence electrons. The molecule has 1 aromatic carbocycles. The van der Waals surface area contributed by atoms with Crippen LogP contribution < -0.4 is 0 Å². The number of thioether (sulfide) groups is 2. The highest BCUT2D eigenvalue weighted by Crippen LogP contribution is 2.41. The smallest absolute Gasteiger partial charge is 0.201 e. The number of Topliss-reactive ketones (excluding diaryl/α,β-unsaturated/α-hetero) is 2. The van der Waals surface area contributed by atoms with E-state index >= 15 is 0 Å². The second-order valence-corrected chi connectivity index (χ2v) is 8.95. The number of hydrogen-bond acceptors (Lipinski definition) is 4. The van der Waals surface area contributed by atoms with Crippen molar-refractivity contribution in [1.29, 1.82) is 0 Å². The molecule has 0 saturated heterocycles. The molecule has 0 radical (unpaired) electrons. The minimum absolute atomic E-state index is 0.0666. The molecule has 1 aliphatic carbocycles. The van der Waals surface area contributed by atoms with Gasteiger partial charge in [-0.1, -0.05) is 39.3 Å². The zero-order valence-corrected chi connectivity index (χ0v) is 14.8. The lowest BCUT2D eigenvalue weighted by Crippen LogP contribution is -2.21. The molecule has 2 rings (SSSR count). The Balaban J connectivity index is 2.58. The Morgan fingerprint density at radius 2 is 1.33 bits per heavy atom. The van der Waals surface area contributed by atoms with Crippen LogP contribution in [-0.2, 0) is 0 Å². The first-order valence-electron chi connectivity index (χ1n) is 6.77. The van der Waals surface area contributed by atoms with Crippen LogP contribution in [0.5, 0.6) is 0 Å². The summed E-state index contributed by atoms with van der Waals surface area (Å²) in [6, 6.07) is 4.90. The number of allylic oxidation sites excluding steroid dienone is 2. The number of rotatable bonds is 4. The van der Waals surface area contributed by atoms with Crippen LogP contribution in [0.25, 0.3) is 0 Å². The van der Waals surface area contributed by atoms with Gasteiger partial charge in [-0.15, -0.1) is 23.5 Å². The summed E-state index contributed by atoms with van der Waals surface area (Å²) in [7, 11) is 0. The van der Waals surface area contributed by atoms with E-state index in [2.05, 4.69) is 0 Å². The van der Waals surface area contributed by atoms with Crippen LogP contribution in [0.3, 0.4) is 0 Å². The minimum atomic E-state index is -0.0889. The van der Waals surface area contributed by atoms with Gasteiger partial charge in [0.1, 0.15) is 0 Å². The maximum absolute atomic E-state index is 12.7. The molecule has 0 aliphatic heterocycles. The van der Waals surface area contributed by atoms with E-state index < -0.39 is 0 Å². The molecule has 5 heteroatoms. The Hall–Kier alpha value is -0.710. The molecule has 0 atom stereocenters. The molecule has 0 heterocycles. The Morgan fingerprint density at radius 3 is 1.81 bits per heavy atom. The van der Waals surface area contributed by atoms with E-state index in [1.807, 2.05) is 27.7 Å². The lowest BCUT2D eigenvalue weighted by Gasteiger charge is -2.22. The summed E-state index contributed by atoms with van der Waals surface area (Å²) < 4.78 is 0. The summed E-state index contributed by atoms with van der Waals surface area (Å²) in [5, 5.41) is 0.956. The molecule has 0 bridgehead atoms. The molecule has 21 heavy (non-hydrogen) atoms. The van der Waals surface area contributed by atoms with Gasteiger partial charge in [0.05, 0.1) is 9.81 Å². The van der Waals surface area contributed by atoms with Crippen LogP contribution in [0.2, 0.25) is 5.02 Å². The zero-order chi connectivity index (χ0) is 15.7. The van der Waals surface area contributed by atoms with Gasteiger partial charge in [-0.2, -0.15) is 0 Å². The van der Waals surface area contributed by atoms with Crippen molar-refractivity contribution >= 4 is 46.7 Å². The first-order chi connectivity index (χ1) is 9.81. The van der Waals surface area contributed by atoms with Crippen LogP contribution in [0.15, 0.2) is 28.0 Å². The van der Waals surface area contributed by atoms with Gasteiger partial charge >= 0.3 is 0 Å². The van der Waals surface area contributed by atoms with Gasteiger partial charge < -0.3 is 0 Å². The van der Waals surface area contributed by atoms with E-state index in [1.165, 1.54) is 23.5 Å². The van der Waals surface area contributed by atoms with E-state index in [0.717, 1.165) is 0 Å². The van der Waals surface area contributed by atoms with Crippen LogP contribution in [-0.4, -0.2) is 22.1 Å². The maximum Gasteiger partial charge on any atom is 0.201 e. The fourth-order valence-electron chi connectivity index (χ4n) is 2.04. The number of halogens is 1. The largest absolute Gasteiger partial charge is 0.288 e. The number of carbonyl (C=O) groups excluding carboxylic acids is 2. The molecule has 1 aromatic rings. The Labute approximate surface area is 138 Å². The number of carbonyl (C=O) groups is 2. The topological polar surface area (TPSA) is 34.1 Å². The van der Waals surface area contributed by atoms with Gasteiger partial charge in [0.25, 0.3) is 0 Å². The maximum atomic E-state index is 12.7. The number of hydrogen-bond donors (Lipinski definition) is 0. The van der Waals surface area contributed by atoms with Crippen molar-refractivity contribution in [2.75, 3.05) is 0 Å². The minimum Gasteiger partial charge on any atom is -0.288 e. The average Bonchev–Trinajstić information content (AvgIpc) is 2.39. The van der Waals surface area contributed by atoms with Crippen molar-refractivity contribution in [1.82, 2.24) is 0 Å². The van der Waals surface area contributed by atoms with Gasteiger partial charge in [-0.05, 0) is 18.2 Å². The van der Waals surface area contributed by atoms with Crippen molar-refractivity contribution in [3.8, 4) is 0 Å². The predicted octanol–water partition coefficient (Wildman–Crippen LogP) is 5.21. The fraction of sp³-hybridized carbons (Fsp3) is 0.375. The van der Waals surface area contributed by atoms with Gasteiger partial charge in [0.15, 0.2) is 0 Å². The molecule has 2 nitrogen and oxygen atoms in total. The summed E-state index contributed by atoms with van der Waals surface area (Å²) in [6.45, 7) is 8.07. The van der Waals surface area contributed by atoms with Gasteiger partial charge in [0, 0.05) is 26.6 Å². The lowest BCUT2D eigenvalue weighted by molar-refractivity contribution is 0.0988. The van der Waals surface area contributed by atoms with Crippen LogP contribution in [0, 0.1) is 0 Å². The highest BCUT2D eigenvalue weighted by molar-refractivity contribution is 8.08. The Bertz CT molecular complexity index is 633. The van der Waals surface area contributed by atoms with Gasteiger partial charge in [0.2, 0.25) is 11.6 Å². The first kappa shape index (κ1) is 16.7. The molecule has 0 amide bonds. The SMILES string of the molecule is CC(C)SC1=C(SC(C)C)C(=O)c2cc(Cl)ccc2C1=O. The zero-order valence-electron chi connectivity index (χ0n) is 12.4. The van der Waals surface area contributed by atoms with Crippen LogP contribution >= 0.6 is 35.1 Å². The third kappa shape index (κ3) is 3.55. The Morgan fingerprint density at radius 1 is 0.857 bits per heavy atom. The molecule has 0 spiro atoms. The van der Waals surface area contributed by atoms with Crippen molar-refractivity contribution < 1.29 is 9.59 Å². The van der Waals surface area contributed by atoms with Gasteiger partial charge in [-0.25, -0.2) is 0 Å². The van der Waals surface area contributed by atoms with E-state index in [0.29, 0.717) is 26.0 Å². The first-order valence-corrected chi connectivity index (χ1v) is 8.91. The normalized spacial score (nSPS) is 15.2. The van der Waals surface area contributed by atoms with E-state index in [4.69, 9.17) is 11.6 Å². The van der Waals surface area contributed by atoms with Crippen molar-refractivity contribution in [3.63, 3.8) is 0 Å². The summed E-state index contributed by atoms with van der Waals surface area (Å²) in [4.78, 5) is 26.6. The highest BCUT2D eigenvalue weighted by atomic mass is 35.5. The van der Waals surface area contributed by atoms with Crippen molar-refractivity contribution in [2.45, 2.75) is 38.2 Å². The lowest BCUT2D eigenvalue weighted by atomic mass is 9.94. The predicted molar refractivity (Wildman–Crippen MR) is 92.6 cm³/mol.